The van der Waals surface area contributed by atoms with Crippen LogP contribution in [0.5, 0.6) is 0 Å². The van der Waals surface area contributed by atoms with Crippen molar-refractivity contribution in [2.24, 2.45) is 0 Å². The van der Waals surface area contributed by atoms with Crippen molar-refractivity contribution in [3.05, 3.63) is 29.8 Å². The zero-order valence-electron chi connectivity index (χ0n) is 24.9. The van der Waals surface area contributed by atoms with Crippen LogP contribution in [-0.2, 0) is 29.9 Å². The summed E-state index contributed by atoms with van der Waals surface area (Å²) in [5, 5.41) is 13.7. The first-order chi connectivity index (χ1) is 20.1. The predicted octanol–water partition coefficient (Wildman–Crippen LogP) is 1.81. The Labute approximate surface area is 266 Å². The molecule has 19 heteroatoms. The van der Waals surface area contributed by atoms with Gasteiger partial charge >= 0.3 is 21.3 Å². The van der Waals surface area contributed by atoms with E-state index in [0.717, 1.165) is 5.69 Å². The van der Waals surface area contributed by atoms with E-state index >= 15 is 0 Å². The molecule has 44 heavy (non-hydrogen) atoms. The molecule has 2 atom stereocenters. The van der Waals surface area contributed by atoms with Gasteiger partial charge in [0.2, 0.25) is 11.8 Å². The second-order valence-corrected chi connectivity index (χ2v) is 15.7. The van der Waals surface area contributed by atoms with Gasteiger partial charge in [0, 0.05) is 49.9 Å². The van der Waals surface area contributed by atoms with Crippen LogP contribution in [0.3, 0.4) is 0 Å². The number of benzene rings is 1. The highest BCUT2D eigenvalue weighted by Gasteiger charge is 2.58. The van der Waals surface area contributed by atoms with Gasteiger partial charge < -0.3 is 50.3 Å². The van der Waals surface area contributed by atoms with Crippen molar-refractivity contribution < 1.29 is 52.9 Å². The topological polar surface area (TPSA) is 235 Å². The van der Waals surface area contributed by atoms with Gasteiger partial charge in [0.25, 0.3) is 5.08 Å². The van der Waals surface area contributed by atoms with Gasteiger partial charge in [-0.05, 0) is 51.8 Å². The largest absolute Gasteiger partial charge is 0.444 e. The predicted molar refractivity (Wildman–Crippen MR) is 166 cm³/mol. The summed E-state index contributed by atoms with van der Waals surface area (Å²) in [7, 11) is -11.3. The number of aliphatic hydroxyl groups is 1. The molecule has 252 valence electrons. The van der Waals surface area contributed by atoms with E-state index in [2.05, 4.69) is 16.0 Å². The summed E-state index contributed by atoms with van der Waals surface area (Å²) in [6, 6.07) is 4.88. The van der Waals surface area contributed by atoms with Gasteiger partial charge in [0.1, 0.15) is 17.7 Å². The number of amides is 3. The standard InChI is InChI=1S/C25H42Cl2N4O11P2/c1-17(21(32)28-13-5-10-25(35,43(36,37)38)44(39,40)41)29-22(33)20(30-23(34)42-24(2,3)4)16-18-6-8-19(9-7-18)31(14-11-26)15-12-27/h6-9,17,20,35H,5,10-16H2,1-4H3,(H,28,32)(H,29,33)(H,30,34)(H2,36,37,38)(H2,39,40,41)/t17-,20-/m0/s1. The number of alkyl carbamates (subject to hydrolysis) is 1. The molecule has 15 nitrogen and oxygen atoms in total. The van der Waals surface area contributed by atoms with Crippen LogP contribution in [-0.4, -0.2) is 96.8 Å². The Morgan fingerprint density at radius 2 is 1.45 bits per heavy atom. The molecule has 1 aromatic carbocycles. The van der Waals surface area contributed by atoms with E-state index in [1.807, 2.05) is 17.0 Å². The van der Waals surface area contributed by atoms with Crippen molar-refractivity contribution >= 4 is 62.0 Å². The lowest BCUT2D eigenvalue weighted by atomic mass is 10.0. The fourth-order valence-corrected chi connectivity index (χ4v) is 6.51. The normalized spacial score (nSPS) is 13.9. The van der Waals surface area contributed by atoms with Crippen molar-refractivity contribution in [2.75, 3.05) is 36.3 Å². The van der Waals surface area contributed by atoms with E-state index in [9.17, 15) is 48.2 Å². The van der Waals surface area contributed by atoms with Gasteiger partial charge in [0.15, 0.2) is 0 Å². The summed E-state index contributed by atoms with van der Waals surface area (Å²) in [5.74, 6) is -0.663. The monoisotopic (exact) mass is 706 g/mol. The summed E-state index contributed by atoms with van der Waals surface area (Å²) in [6.07, 6.45) is -2.25. The average molecular weight is 707 g/mol. The Hall–Kier alpha value is -1.93. The van der Waals surface area contributed by atoms with Crippen LogP contribution in [0.4, 0.5) is 10.5 Å². The van der Waals surface area contributed by atoms with Gasteiger partial charge in [-0.1, -0.05) is 12.1 Å². The minimum absolute atomic E-state index is 0.0358. The molecule has 0 saturated carbocycles. The molecule has 1 rings (SSSR count). The maximum Gasteiger partial charge on any atom is 0.408 e. The smallest absolute Gasteiger partial charge is 0.408 e. The fourth-order valence-electron chi connectivity index (χ4n) is 3.84. The lowest BCUT2D eigenvalue weighted by molar-refractivity contribution is -0.129. The molecule has 8 N–H and O–H groups in total. The summed E-state index contributed by atoms with van der Waals surface area (Å²) >= 11 is 11.8. The molecule has 0 spiro atoms. The quantitative estimate of drug-likeness (QED) is 0.0658. The Balaban J connectivity index is 2.95. The fraction of sp³-hybridized carbons (Fsp3) is 0.640. The third-order valence-electron chi connectivity index (χ3n) is 6.13. The van der Waals surface area contributed by atoms with Crippen LogP contribution in [0.2, 0.25) is 0 Å². The number of carbonyl (C=O) groups is 3. The molecule has 3 amide bonds. The minimum atomic E-state index is -5.63. The molecule has 0 saturated heterocycles. The minimum Gasteiger partial charge on any atom is -0.444 e. The molecule has 0 aromatic heterocycles. The molecule has 0 unspecified atom stereocenters. The number of nitrogens with zero attached hydrogens (tertiary/aromatic N) is 1. The van der Waals surface area contributed by atoms with Crippen molar-refractivity contribution in [2.45, 2.75) is 69.7 Å². The number of alkyl halides is 2. The van der Waals surface area contributed by atoms with Crippen LogP contribution in [0.1, 0.15) is 46.1 Å². The van der Waals surface area contributed by atoms with Gasteiger partial charge in [0.05, 0.1) is 0 Å². The van der Waals surface area contributed by atoms with Gasteiger partial charge in [-0.3, -0.25) is 18.7 Å². The number of hydrogen-bond donors (Lipinski definition) is 8. The van der Waals surface area contributed by atoms with Crippen molar-refractivity contribution in [3.63, 3.8) is 0 Å². The first-order valence-corrected chi connectivity index (χ1v) is 17.8. The molecule has 0 fully saturated rings. The van der Waals surface area contributed by atoms with E-state index in [1.165, 1.54) is 6.92 Å². The molecular formula is C25H42Cl2N4O11P2. The molecule has 0 heterocycles. The summed E-state index contributed by atoms with van der Waals surface area (Å²) in [4.78, 5) is 77.1. The number of anilines is 1. The van der Waals surface area contributed by atoms with Gasteiger partial charge in [-0.2, -0.15) is 0 Å². The molecule has 0 aliphatic heterocycles. The highest BCUT2D eigenvalue weighted by atomic mass is 35.5. The average Bonchev–Trinajstić information content (AvgIpc) is 2.88. The Morgan fingerprint density at radius 3 is 1.91 bits per heavy atom. The van der Waals surface area contributed by atoms with Crippen LogP contribution >= 0.6 is 38.4 Å². The number of ether oxygens (including phenoxy) is 1. The SMILES string of the molecule is C[C@H](NC(=O)[C@H](Cc1ccc(N(CCCl)CCCl)cc1)NC(=O)OC(C)(C)C)C(=O)NCCCC(O)(P(=O)(O)O)P(=O)(O)O. The van der Waals surface area contributed by atoms with Crippen molar-refractivity contribution in [1.29, 1.82) is 0 Å². The van der Waals surface area contributed by atoms with E-state index in [0.29, 0.717) is 30.4 Å². The van der Waals surface area contributed by atoms with E-state index in [4.69, 9.17) is 27.9 Å². The highest BCUT2D eigenvalue weighted by Crippen LogP contribution is 2.69. The molecule has 0 aliphatic rings. The van der Waals surface area contributed by atoms with Crippen LogP contribution in [0.15, 0.2) is 24.3 Å². The second kappa shape index (κ2) is 17.1. The summed E-state index contributed by atoms with van der Waals surface area (Å²) in [6.45, 7) is 7.12. The number of halogens is 2. The Kier molecular flexibility index (Phi) is 15.6. The second-order valence-electron chi connectivity index (χ2n) is 10.9. The van der Waals surface area contributed by atoms with Gasteiger partial charge in [-0.25, -0.2) is 4.79 Å². The third kappa shape index (κ3) is 12.8. The lowest BCUT2D eigenvalue weighted by Crippen LogP contribution is -2.54. The van der Waals surface area contributed by atoms with Crippen molar-refractivity contribution in [3.8, 4) is 0 Å². The molecule has 1 aromatic rings. The molecule has 0 radical (unpaired) electrons. The first kappa shape index (κ1) is 40.1. The number of nitrogens with one attached hydrogen (secondary N) is 3. The first-order valence-electron chi connectivity index (χ1n) is 13.5. The maximum atomic E-state index is 13.2. The summed E-state index contributed by atoms with van der Waals surface area (Å²) < 4.78 is 28.2. The van der Waals surface area contributed by atoms with E-state index in [-0.39, 0.29) is 13.0 Å². The third-order valence-corrected chi connectivity index (χ3v) is 10.3. The maximum absolute atomic E-state index is 13.2. The Morgan fingerprint density at radius 1 is 0.932 bits per heavy atom. The molecule has 0 bridgehead atoms. The number of carbonyl (C=O) groups excluding carboxylic acids is 3. The molecular weight excluding hydrogens is 665 g/mol. The Bertz CT molecular complexity index is 1180. The molecule has 0 aliphatic carbocycles. The van der Waals surface area contributed by atoms with E-state index < -0.39 is 68.7 Å². The number of rotatable bonds is 17. The van der Waals surface area contributed by atoms with Gasteiger partial charge in [-0.15, -0.1) is 23.2 Å². The van der Waals surface area contributed by atoms with Crippen LogP contribution in [0, 0.1) is 0 Å². The lowest BCUT2D eigenvalue weighted by Gasteiger charge is -2.29. The van der Waals surface area contributed by atoms with E-state index in [1.54, 1.807) is 32.9 Å². The van der Waals surface area contributed by atoms with Crippen LogP contribution in [0.25, 0.3) is 0 Å². The van der Waals surface area contributed by atoms with Crippen LogP contribution < -0.4 is 20.9 Å². The van der Waals surface area contributed by atoms with Crippen molar-refractivity contribution in [1.82, 2.24) is 16.0 Å². The summed E-state index contributed by atoms with van der Waals surface area (Å²) in [5.41, 5.74) is 0.697. The zero-order valence-corrected chi connectivity index (χ0v) is 28.2. The highest BCUT2D eigenvalue weighted by molar-refractivity contribution is 7.72. The number of hydrogen-bond acceptors (Lipinski definition) is 8. The zero-order chi connectivity index (χ0) is 33.9.